The second-order valence-corrected chi connectivity index (χ2v) is 27.0. The van der Waals surface area contributed by atoms with Gasteiger partial charge in [0.25, 0.3) is 11.1 Å². The number of aromatic carboxylic acids is 1. The van der Waals surface area contributed by atoms with E-state index in [0.717, 1.165) is 46.9 Å². The summed E-state index contributed by atoms with van der Waals surface area (Å²) in [7, 11) is 0.939. The van der Waals surface area contributed by atoms with Gasteiger partial charge in [-0.2, -0.15) is 9.97 Å². The molecule has 0 unspecified atom stereocenters. The van der Waals surface area contributed by atoms with Gasteiger partial charge < -0.3 is 54.0 Å². The van der Waals surface area contributed by atoms with E-state index in [4.69, 9.17) is 14.6 Å². The van der Waals surface area contributed by atoms with Crippen molar-refractivity contribution in [3.8, 4) is 34.6 Å². The summed E-state index contributed by atoms with van der Waals surface area (Å²) in [5.41, 5.74) is 1.17. The summed E-state index contributed by atoms with van der Waals surface area (Å²) in [5, 5.41) is 30.2. The van der Waals surface area contributed by atoms with Gasteiger partial charge in [0.05, 0.1) is 92.2 Å². The van der Waals surface area contributed by atoms with E-state index in [1.807, 2.05) is 38.1 Å². The van der Waals surface area contributed by atoms with Gasteiger partial charge in [0.1, 0.15) is 29.6 Å². The molecule has 2 heterocycles. The molecule has 0 fully saturated rings. The molecule has 0 spiro atoms. The van der Waals surface area contributed by atoms with Gasteiger partial charge in [-0.15, -0.1) is 0 Å². The van der Waals surface area contributed by atoms with Crippen molar-refractivity contribution in [3.63, 3.8) is 0 Å². The van der Waals surface area contributed by atoms with E-state index in [1.165, 1.54) is 68.9 Å². The van der Waals surface area contributed by atoms with Gasteiger partial charge in [-0.3, -0.25) is 28.3 Å². The molecule has 0 saturated heterocycles. The molecule has 0 atom stereocenters. The third-order valence-electron chi connectivity index (χ3n) is 14.2. The van der Waals surface area contributed by atoms with E-state index in [-0.39, 0.29) is 88.5 Å². The SMILES string of the molecule is CCCCc1nc(O)c(S(=O)(=O)c2ccc(C(=O)O)cc2)c(=O)n1-c1c(C)cccc1OC.CCCCc1nc(O)c(S(=O)(=O)c2ccc(C(=O)OC)cc2)c(=O)n1-c1c(C)cccc1OC.CCOC(=O)CC(=O)OCC.COC(=O)c1ccc(SSc2ccc(C(=O)OC)cc2)cc1.[Li+].[OH-]. The minimum absolute atomic E-state index is 0. The molecule has 0 radical (unpaired) electrons. The second kappa shape index (κ2) is 41.2. The van der Waals surface area contributed by atoms with Crippen molar-refractivity contribution in [1.82, 2.24) is 19.1 Å². The first kappa shape index (κ1) is 86.5. The summed E-state index contributed by atoms with van der Waals surface area (Å²) >= 11 is 0. The maximum absolute atomic E-state index is 13.7. The molecule has 32 heteroatoms. The second-order valence-electron chi connectivity index (χ2n) is 20.9. The van der Waals surface area contributed by atoms with Gasteiger partial charge in [-0.05, 0) is 161 Å². The number of unbranched alkanes of at least 4 members (excludes halogenated alkanes) is 2. The predicted molar refractivity (Wildman–Crippen MR) is 372 cm³/mol. The van der Waals surface area contributed by atoms with Crippen molar-refractivity contribution < 1.29 is 118 Å². The van der Waals surface area contributed by atoms with Crippen molar-refractivity contribution in [2.75, 3.05) is 48.8 Å². The molecule has 0 saturated carbocycles. The molecule has 102 heavy (non-hydrogen) atoms. The number of rotatable bonds is 25. The third-order valence-corrected chi connectivity index (χ3v) is 20.2. The summed E-state index contributed by atoms with van der Waals surface area (Å²) < 4.78 is 89.6. The van der Waals surface area contributed by atoms with Crippen molar-refractivity contribution >= 4 is 77.1 Å². The number of hydrogen-bond donors (Lipinski definition) is 3. The number of ether oxygens (including phenoxy) is 7. The Morgan fingerprint density at radius 1 is 0.480 bits per heavy atom. The number of aryl methyl sites for hydroxylation is 4. The predicted octanol–water partition coefficient (Wildman–Crippen LogP) is 7.73. The number of hydrogen-bond acceptors (Lipinski definition) is 26. The number of aromatic hydroxyl groups is 2. The van der Waals surface area contributed by atoms with Crippen LogP contribution < -0.4 is 39.5 Å². The van der Waals surface area contributed by atoms with E-state index >= 15 is 0 Å². The molecule has 4 N–H and O–H groups in total. The van der Waals surface area contributed by atoms with Gasteiger partial charge in [-0.1, -0.05) is 72.5 Å². The minimum Gasteiger partial charge on any atom is -0.870 e. The molecule has 27 nitrogen and oxygen atoms in total. The molecular weight excluding hydrogens is 1400 g/mol. The average molecular weight is 1480 g/mol. The van der Waals surface area contributed by atoms with Crippen molar-refractivity contribution in [2.45, 2.75) is 116 Å². The van der Waals surface area contributed by atoms with Gasteiger partial charge in [0.15, 0.2) is 9.79 Å². The maximum atomic E-state index is 13.7. The molecule has 540 valence electrons. The van der Waals surface area contributed by atoms with Crippen LogP contribution in [0.5, 0.6) is 23.3 Å². The number of para-hydroxylation sites is 2. The van der Waals surface area contributed by atoms with E-state index in [9.17, 15) is 65.4 Å². The molecular formula is C70H77LiN4O23S4. The molecule has 0 aliphatic carbocycles. The Bertz CT molecular complexity index is 4500. The van der Waals surface area contributed by atoms with Crippen molar-refractivity contribution in [1.29, 1.82) is 0 Å². The van der Waals surface area contributed by atoms with Crippen LogP contribution in [0.2, 0.25) is 0 Å². The van der Waals surface area contributed by atoms with Crippen LogP contribution in [-0.4, -0.2) is 141 Å². The Hall–Kier alpha value is -9.74. The Morgan fingerprint density at radius 2 is 0.794 bits per heavy atom. The van der Waals surface area contributed by atoms with Crippen LogP contribution in [0.25, 0.3) is 11.4 Å². The number of nitrogens with zero attached hydrogens (tertiary/aromatic N) is 4. The zero-order valence-corrected chi connectivity index (χ0v) is 61.3. The van der Waals surface area contributed by atoms with Crippen LogP contribution in [0.15, 0.2) is 172 Å². The fraction of sp³-hybridized carbons (Fsp3) is 0.286. The monoisotopic (exact) mass is 1480 g/mol. The average Bonchev–Trinajstić information content (AvgIpc) is 0.752. The van der Waals surface area contributed by atoms with Crippen LogP contribution in [-0.2, 0) is 65.8 Å². The fourth-order valence-electron chi connectivity index (χ4n) is 9.25. The Balaban J connectivity index is 0.000000373. The van der Waals surface area contributed by atoms with E-state index < -0.39 is 76.2 Å². The van der Waals surface area contributed by atoms with Crippen LogP contribution in [0.3, 0.4) is 0 Å². The van der Waals surface area contributed by atoms with Crippen molar-refractivity contribution in [3.05, 3.63) is 199 Å². The zero-order chi connectivity index (χ0) is 74.0. The summed E-state index contributed by atoms with van der Waals surface area (Å²) in [6.45, 7) is 11.4. The molecule has 0 aliphatic heterocycles. The number of aromatic nitrogens is 4. The van der Waals surface area contributed by atoms with Crippen LogP contribution in [0.4, 0.5) is 0 Å². The standard InChI is InChI=1S/C24H26N2O7S.C23H24N2O7S.C16H14O4S2.C7H12O4.Li.H2O/c1-5-6-10-19-25-22(27)21(23(28)26(19)20-15(2)8-7-9-18(20)32-3)34(30,31)17-13-11-16(12-14-17)24(29)33-4;1-4-5-9-18-24-21(26)20(33(30,31)16-12-10-15(11-13-16)23(28)29)22(27)25(18)19-14(2)7-6-8-17(19)32-3;1-19-15(17)11-3-7-13(8-4-11)21-22-14-9-5-12(6-10-14)16(18)20-2;1-3-10-6(8)5-7(9)11-4-2;;/h7-9,11-14,27H,5-6,10H2,1-4H3;6-8,10-13,26H,4-5,9H2,1-3H3,(H,28,29);3-10H,1-2H3;3-5H2,1-2H3;;1H2/q;;;;+1;/p-1. The Labute approximate surface area is 609 Å². The molecule has 8 aromatic rings. The van der Waals surface area contributed by atoms with Gasteiger partial charge in [0.2, 0.25) is 31.4 Å². The first-order valence-corrected chi connectivity index (χ1v) is 35.8. The zero-order valence-electron chi connectivity index (χ0n) is 58.0. The number of benzene rings is 6. The first-order valence-electron chi connectivity index (χ1n) is 30.7. The molecule has 0 bridgehead atoms. The summed E-state index contributed by atoms with van der Waals surface area (Å²) in [5.74, 6) is -4.28. The largest absolute Gasteiger partial charge is 1.00 e. The summed E-state index contributed by atoms with van der Waals surface area (Å²) in [4.78, 5) is 102. The molecule has 2 aromatic heterocycles. The Morgan fingerprint density at radius 3 is 1.08 bits per heavy atom. The number of carbonyl (C=O) groups excluding carboxylic acids is 5. The van der Waals surface area contributed by atoms with E-state index in [1.54, 1.807) is 110 Å². The molecule has 0 amide bonds. The minimum atomic E-state index is -4.52. The van der Waals surface area contributed by atoms with Crippen molar-refractivity contribution in [2.24, 2.45) is 0 Å². The smallest absolute Gasteiger partial charge is 0.870 e. The van der Waals surface area contributed by atoms with Gasteiger partial charge in [0, 0.05) is 22.6 Å². The quantitative estimate of drug-likeness (QED) is 0.0162. The summed E-state index contributed by atoms with van der Waals surface area (Å²) in [6.07, 6.45) is 3.28. The summed E-state index contributed by atoms with van der Waals surface area (Å²) in [6, 6.07) is 33.9. The fourth-order valence-corrected chi connectivity index (χ4v) is 13.9. The Kier molecular flexibility index (Phi) is 35.0. The third kappa shape index (κ3) is 22.4. The van der Waals surface area contributed by atoms with Crippen LogP contribution in [0.1, 0.15) is 124 Å². The van der Waals surface area contributed by atoms with E-state index in [2.05, 4.69) is 33.7 Å². The number of carbonyl (C=O) groups is 6. The van der Waals surface area contributed by atoms with Crippen LogP contribution in [0, 0.1) is 13.8 Å². The number of esters is 5. The number of carboxylic acid groups (broad SMARTS) is 1. The van der Waals surface area contributed by atoms with Gasteiger partial charge in [-0.25, -0.2) is 36.0 Å². The topological polar surface area (TPSA) is 396 Å². The van der Waals surface area contributed by atoms with Crippen LogP contribution >= 0.6 is 21.6 Å². The normalized spacial score (nSPS) is 10.6. The first-order chi connectivity index (χ1) is 47.6. The molecule has 6 aromatic carbocycles. The number of methoxy groups -OCH3 is 5. The maximum Gasteiger partial charge on any atom is 1.00 e. The van der Waals surface area contributed by atoms with E-state index in [0.29, 0.717) is 70.8 Å². The van der Waals surface area contributed by atoms with Gasteiger partial charge >= 0.3 is 54.7 Å². The number of sulfone groups is 2. The number of carboxylic acids is 1. The molecule has 8 rings (SSSR count). The molecule has 0 aliphatic rings.